The molecular weight excluding hydrogens is 406 g/mol. The second-order valence-electron chi connectivity index (χ2n) is 8.62. The summed E-state index contributed by atoms with van der Waals surface area (Å²) in [7, 11) is 0. The largest absolute Gasteiger partial charge is 0.461 e. The van der Waals surface area contributed by atoms with Crippen molar-refractivity contribution in [1.82, 2.24) is 0 Å². The van der Waals surface area contributed by atoms with Crippen LogP contribution in [-0.2, 0) is 4.74 Å². The molecule has 2 aromatic carbocycles. The van der Waals surface area contributed by atoms with Crippen LogP contribution in [0.3, 0.4) is 0 Å². The van der Waals surface area contributed by atoms with Crippen LogP contribution in [0.1, 0.15) is 26.3 Å². The molecule has 4 nitrogen and oxygen atoms in total. The Bertz CT molecular complexity index is 1190. The molecule has 0 aliphatic carbocycles. The third-order valence-corrected chi connectivity index (χ3v) is 5.09. The van der Waals surface area contributed by atoms with Crippen LogP contribution in [0.2, 0.25) is 0 Å². The smallest absolute Gasteiger partial charge is 0.137 e. The van der Waals surface area contributed by atoms with E-state index in [1.54, 1.807) is 12.2 Å². The molecule has 2 aromatic rings. The Morgan fingerprint density at radius 2 is 1.58 bits per heavy atom. The summed E-state index contributed by atoms with van der Waals surface area (Å²) in [5.41, 5.74) is 3.55. The SMILES string of the molecule is C=CCN(c1ccccc1)c1ccc(/C=C/C2=CC(=C(C#N)C#N)C=C(C(C)(C)C)O2)cc1. The second kappa shape index (κ2) is 10.4. The number of hydrogen-bond acceptors (Lipinski definition) is 4. The third kappa shape index (κ3) is 5.91. The summed E-state index contributed by atoms with van der Waals surface area (Å²) in [6.07, 6.45) is 9.20. The number of rotatable bonds is 6. The number of anilines is 2. The van der Waals surface area contributed by atoms with Crippen LogP contribution in [0.5, 0.6) is 0 Å². The first-order valence-electron chi connectivity index (χ1n) is 10.7. The molecule has 0 amide bonds. The Labute approximate surface area is 196 Å². The van der Waals surface area contributed by atoms with Crippen LogP contribution in [0, 0.1) is 28.1 Å². The van der Waals surface area contributed by atoms with Crippen molar-refractivity contribution in [2.75, 3.05) is 11.4 Å². The Hall–Kier alpha value is -4.28. The molecule has 0 saturated carbocycles. The van der Waals surface area contributed by atoms with Gasteiger partial charge in [-0.05, 0) is 48.1 Å². The van der Waals surface area contributed by atoms with E-state index in [9.17, 15) is 10.5 Å². The zero-order chi connectivity index (χ0) is 23.8. The molecular formula is C29H27N3O. The average molecular weight is 434 g/mol. The molecule has 0 saturated heterocycles. The number of nitrogens with zero attached hydrogens (tertiary/aromatic N) is 3. The Morgan fingerprint density at radius 1 is 0.939 bits per heavy atom. The van der Waals surface area contributed by atoms with Crippen molar-refractivity contribution >= 4 is 17.5 Å². The van der Waals surface area contributed by atoms with E-state index < -0.39 is 0 Å². The van der Waals surface area contributed by atoms with Crippen LogP contribution in [0.15, 0.2) is 108 Å². The Morgan fingerprint density at radius 3 is 2.15 bits per heavy atom. The number of allylic oxidation sites excluding steroid dienone is 6. The second-order valence-corrected chi connectivity index (χ2v) is 8.62. The summed E-state index contributed by atoms with van der Waals surface area (Å²) in [6.45, 7) is 10.7. The minimum atomic E-state index is -0.262. The molecule has 0 N–H and O–H groups in total. The molecule has 1 aliphatic heterocycles. The number of ether oxygens (including phenoxy) is 1. The van der Waals surface area contributed by atoms with E-state index >= 15 is 0 Å². The van der Waals surface area contributed by atoms with Crippen LogP contribution < -0.4 is 4.90 Å². The fraction of sp³-hybridized carbons (Fsp3) is 0.172. The zero-order valence-electron chi connectivity index (χ0n) is 19.2. The van der Waals surface area contributed by atoms with Crippen molar-refractivity contribution in [3.8, 4) is 12.1 Å². The van der Waals surface area contributed by atoms with E-state index in [1.165, 1.54) is 0 Å². The van der Waals surface area contributed by atoms with Crippen LogP contribution in [0.4, 0.5) is 11.4 Å². The standard InChI is InChI=1S/C29H27N3O/c1-5-17-32(25-9-7-6-8-10-25)26-14-11-22(12-15-26)13-16-27-18-23(24(20-30)21-31)19-28(33-27)29(2,3)4/h5-16,18-19H,1,17H2,2-4H3/b16-13+. The highest BCUT2D eigenvalue weighted by atomic mass is 16.5. The zero-order valence-corrected chi connectivity index (χ0v) is 19.2. The van der Waals surface area contributed by atoms with Crippen molar-refractivity contribution in [2.45, 2.75) is 20.8 Å². The van der Waals surface area contributed by atoms with Crippen molar-refractivity contribution in [3.63, 3.8) is 0 Å². The van der Waals surface area contributed by atoms with Gasteiger partial charge in [-0.2, -0.15) is 10.5 Å². The van der Waals surface area contributed by atoms with Gasteiger partial charge in [0.25, 0.3) is 0 Å². The lowest BCUT2D eigenvalue weighted by Crippen LogP contribution is -2.16. The van der Waals surface area contributed by atoms with Gasteiger partial charge in [0.2, 0.25) is 0 Å². The highest BCUT2D eigenvalue weighted by Gasteiger charge is 2.24. The first-order valence-corrected chi connectivity index (χ1v) is 10.7. The summed E-state index contributed by atoms with van der Waals surface area (Å²) in [6, 6.07) is 22.4. The Kier molecular flexibility index (Phi) is 7.34. The molecule has 0 bridgehead atoms. The molecule has 1 heterocycles. The van der Waals surface area contributed by atoms with E-state index in [4.69, 9.17) is 4.74 Å². The highest BCUT2D eigenvalue weighted by molar-refractivity contribution is 5.66. The minimum absolute atomic E-state index is 0.0681. The minimum Gasteiger partial charge on any atom is -0.461 e. The topological polar surface area (TPSA) is 60.0 Å². The Balaban J connectivity index is 1.86. The number of para-hydroxylation sites is 1. The molecule has 0 atom stereocenters. The van der Waals surface area contributed by atoms with Gasteiger partial charge in [0.1, 0.15) is 29.2 Å². The van der Waals surface area contributed by atoms with Gasteiger partial charge in [0.05, 0.1) is 0 Å². The fourth-order valence-corrected chi connectivity index (χ4v) is 3.31. The predicted molar refractivity (Wildman–Crippen MR) is 134 cm³/mol. The van der Waals surface area contributed by atoms with Gasteiger partial charge in [0, 0.05) is 28.9 Å². The van der Waals surface area contributed by atoms with Crippen molar-refractivity contribution in [1.29, 1.82) is 10.5 Å². The number of nitriles is 2. The van der Waals surface area contributed by atoms with E-state index in [0.29, 0.717) is 23.6 Å². The summed E-state index contributed by atoms with van der Waals surface area (Å²) < 4.78 is 6.06. The first-order chi connectivity index (χ1) is 15.9. The summed E-state index contributed by atoms with van der Waals surface area (Å²) >= 11 is 0. The lowest BCUT2D eigenvalue weighted by molar-refractivity contribution is 0.223. The van der Waals surface area contributed by atoms with Gasteiger partial charge in [-0.15, -0.1) is 6.58 Å². The fourth-order valence-electron chi connectivity index (χ4n) is 3.31. The summed E-state index contributed by atoms with van der Waals surface area (Å²) in [5, 5.41) is 18.6. The predicted octanol–water partition coefficient (Wildman–Crippen LogP) is 7.21. The average Bonchev–Trinajstić information content (AvgIpc) is 2.82. The summed E-state index contributed by atoms with van der Waals surface area (Å²) in [5.74, 6) is 1.29. The highest BCUT2D eigenvalue weighted by Crippen LogP contribution is 2.34. The molecule has 1 aliphatic rings. The molecule has 33 heavy (non-hydrogen) atoms. The van der Waals surface area contributed by atoms with Crippen molar-refractivity contribution in [2.24, 2.45) is 5.41 Å². The molecule has 0 unspecified atom stereocenters. The summed E-state index contributed by atoms with van der Waals surface area (Å²) in [4.78, 5) is 2.19. The maximum atomic E-state index is 9.29. The van der Waals surface area contributed by atoms with E-state index in [-0.39, 0.29) is 11.0 Å². The van der Waals surface area contributed by atoms with Crippen LogP contribution in [-0.4, -0.2) is 6.54 Å². The van der Waals surface area contributed by atoms with Gasteiger partial charge in [-0.1, -0.05) is 63.3 Å². The van der Waals surface area contributed by atoms with Crippen LogP contribution >= 0.6 is 0 Å². The molecule has 0 radical (unpaired) electrons. The molecule has 0 spiro atoms. The molecule has 4 heteroatoms. The van der Waals surface area contributed by atoms with E-state index in [1.807, 2.05) is 81.5 Å². The maximum absolute atomic E-state index is 9.29. The van der Waals surface area contributed by atoms with Gasteiger partial charge in [0.15, 0.2) is 0 Å². The lowest BCUT2D eigenvalue weighted by Gasteiger charge is -2.26. The molecule has 3 rings (SSSR count). The van der Waals surface area contributed by atoms with Gasteiger partial charge in [-0.25, -0.2) is 0 Å². The van der Waals surface area contributed by atoms with Crippen molar-refractivity contribution < 1.29 is 4.74 Å². The van der Waals surface area contributed by atoms with E-state index in [0.717, 1.165) is 16.9 Å². The van der Waals surface area contributed by atoms with E-state index in [2.05, 4.69) is 35.7 Å². The lowest BCUT2D eigenvalue weighted by atomic mass is 9.90. The molecule has 0 aromatic heterocycles. The maximum Gasteiger partial charge on any atom is 0.137 e. The van der Waals surface area contributed by atoms with Gasteiger partial charge < -0.3 is 9.64 Å². The molecule has 164 valence electrons. The monoisotopic (exact) mass is 433 g/mol. The van der Waals surface area contributed by atoms with Crippen LogP contribution in [0.25, 0.3) is 6.08 Å². The van der Waals surface area contributed by atoms with Gasteiger partial charge >= 0.3 is 0 Å². The third-order valence-electron chi connectivity index (χ3n) is 5.09. The normalized spacial score (nSPS) is 13.3. The number of benzene rings is 2. The first kappa shape index (κ1) is 23.4. The molecule has 0 fully saturated rings. The van der Waals surface area contributed by atoms with Gasteiger partial charge in [-0.3, -0.25) is 0 Å². The van der Waals surface area contributed by atoms with Crippen molar-refractivity contribution in [3.05, 3.63) is 114 Å². The number of hydrogen-bond donors (Lipinski definition) is 0. The quantitative estimate of drug-likeness (QED) is 0.357.